The van der Waals surface area contributed by atoms with E-state index in [2.05, 4.69) is 521 Å². The third-order valence-corrected chi connectivity index (χ3v) is 30.8. The number of nitrogens with zero attached hydrogens (tertiary/aromatic N) is 2. The van der Waals surface area contributed by atoms with Crippen LogP contribution in [0.25, 0.3) is 237 Å². The van der Waals surface area contributed by atoms with Crippen LogP contribution in [0.15, 0.2) is 496 Å². The standard InChI is InChI=1S/2C42H27NS.C30H19BrS.C12H9N/c2*1-2-11-28(12-3-1)29-23-25-30(26-24-29)31-13-8-14-32(27-31)33-17-9-18-36-37-19-10-22-40(42(37)44-41(33)36)43-38-20-6-4-15-34(38)35-16-5-7-21-39(35)43;31-28-14-6-13-27-26-12-5-11-25(29(26)32-30(27)28)24-10-4-9-23(19-24)22-17-15-21(16-18-22)20-7-2-1-3-8-20;1-3-7-11-9(5-1)10-6-2-4-8-12(10)13-11/h2*1-27H;1-19H;1-8,13H. The zero-order valence-corrected chi connectivity index (χ0v) is 76.3. The van der Waals surface area contributed by atoms with Crippen molar-refractivity contribution in [1.29, 1.82) is 0 Å². The Kier molecular flexibility index (Phi) is 21.1. The number of aromatic nitrogens is 3. The van der Waals surface area contributed by atoms with Crippen molar-refractivity contribution >= 4 is 176 Å². The van der Waals surface area contributed by atoms with Gasteiger partial charge in [0.25, 0.3) is 0 Å². The van der Waals surface area contributed by atoms with E-state index < -0.39 is 0 Å². The van der Waals surface area contributed by atoms with Gasteiger partial charge in [0, 0.05) is 98.9 Å². The number of hydrogen-bond donors (Lipinski definition) is 1. The number of nitrogens with one attached hydrogen (secondary N) is 1. The van der Waals surface area contributed by atoms with E-state index in [-0.39, 0.29) is 0 Å². The van der Waals surface area contributed by atoms with E-state index in [4.69, 9.17) is 0 Å². The molecule has 0 fully saturated rings. The van der Waals surface area contributed by atoms with E-state index >= 15 is 0 Å². The number of benzene rings is 21. The van der Waals surface area contributed by atoms with Gasteiger partial charge in [-0.15, -0.1) is 34.0 Å². The normalized spacial score (nSPS) is 11.5. The lowest BCUT2D eigenvalue weighted by Gasteiger charge is -2.09. The molecule has 1 N–H and O–H groups in total. The van der Waals surface area contributed by atoms with Crippen LogP contribution in [0.5, 0.6) is 0 Å². The molecular weight excluding hydrogens is 1730 g/mol. The molecule has 6 aromatic heterocycles. The molecule has 27 aromatic rings. The lowest BCUT2D eigenvalue weighted by atomic mass is 9.96. The van der Waals surface area contributed by atoms with Crippen molar-refractivity contribution in [1.82, 2.24) is 14.1 Å². The fourth-order valence-electron chi connectivity index (χ4n) is 19.6. The molecule has 133 heavy (non-hydrogen) atoms. The van der Waals surface area contributed by atoms with Gasteiger partial charge in [0.1, 0.15) is 0 Å². The summed E-state index contributed by atoms with van der Waals surface area (Å²) >= 11 is 9.41. The molecule has 626 valence electrons. The van der Waals surface area contributed by atoms with Gasteiger partial charge in [0.05, 0.1) is 42.8 Å². The zero-order chi connectivity index (χ0) is 88.2. The minimum Gasteiger partial charge on any atom is -0.355 e. The quantitative estimate of drug-likeness (QED) is 0.134. The highest BCUT2D eigenvalue weighted by Crippen LogP contribution is 2.49. The second-order valence-corrected chi connectivity index (χ2v) is 37.7. The predicted octanol–water partition coefficient (Wildman–Crippen LogP) is 37.4. The minimum atomic E-state index is 1.16. The maximum absolute atomic E-state index is 3.73. The van der Waals surface area contributed by atoms with Crippen LogP contribution in [0, 0.1) is 0 Å². The SMILES string of the molecule is Brc1cccc2c1sc1c(-c3cccc(-c4ccc(-c5ccccc5)cc4)c3)cccc12.c1ccc(-c2ccc(-c3cccc(-c4cccc5c4sc4c(-n6c7ccccc7c7ccccc76)cccc45)c3)cc2)cc1.c1ccc(-c2ccc(-c3cccc(-c4cccc5c4sc4c(-n6c7ccccc7c7ccccc76)cccc45)c3)cc2)cc1.c1ccc2c(c1)[nH]c1ccccc12. The largest absolute Gasteiger partial charge is 0.355 e. The Labute approximate surface area is 790 Å². The molecule has 0 radical (unpaired) electrons. The molecule has 21 aromatic carbocycles. The second kappa shape index (κ2) is 34.9. The molecule has 0 atom stereocenters. The van der Waals surface area contributed by atoms with Crippen molar-refractivity contribution in [2.24, 2.45) is 0 Å². The Hall–Kier alpha value is -15.8. The van der Waals surface area contributed by atoms with Gasteiger partial charge in [-0.2, -0.15) is 0 Å². The van der Waals surface area contributed by atoms with Gasteiger partial charge < -0.3 is 14.1 Å². The molecule has 0 unspecified atom stereocenters. The summed E-state index contributed by atoms with van der Waals surface area (Å²) in [6.07, 6.45) is 0. The van der Waals surface area contributed by atoms with Crippen LogP contribution < -0.4 is 0 Å². The Balaban J connectivity index is 0.000000104. The highest BCUT2D eigenvalue weighted by Gasteiger charge is 2.23. The van der Waals surface area contributed by atoms with Crippen LogP contribution in [0.3, 0.4) is 0 Å². The zero-order valence-electron chi connectivity index (χ0n) is 72.3. The first-order valence-corrected chi connectivity index (χ1v) is 48.3. The van der Waals surface area contributed by atoms with Crippen LogP contribution >= 0.6 is 49.9 Å². The first-order chi connectivity index (χ1) is 65.9. The van der Waals surface area contributed by atoms with Crippen molar-refractivity contribution in [3.8, 4) is 112 Å². The number of para-hydroxylation sites is 6. The minimum absolute atomic E-state index is 1.16. The molecule has 0 aliphatic heterocycles. The number of halogens is 1. The average Bonchev–Trinajstić information content (AvgIpc) is 1.58. The molecule has 7 heteroatoms. The highest BCUT2D eigenvalue weighted by molar-refractivity contribution is 9.10. The summed E-state index contributed by atoms with van der Waals surface area (Å²) in [6, 6.07) is 177. The number of H-pyrrole nitrogens is 1. The topological polar surface area (TPSA) is 25.6 Å². The summed E-state index contributed by atoms with van der Waals surface area (Å²) in [5, 5.41) is 15.6. The van der Waals surface area contributed by atoms with Crippen LogP contribution in [0.4, 0.5) is 0 Å². The van der Waals surface area contributed by atoms with Gasteiger partial charge in [-0.3, -0.25) is 0 Å². The van der Waals surface area contributed by atoms with Crippen LogP contribution in [0.1, 0.15) is 0 Å². The van der Waals surface area contributed by atoms with Gasteiger partial charge in [-0.05, 0) is 189 Å². The summed E-state index contributed by atoms with van der Waals surface area (Å²) < 4.78 is 14.0. The molecular formula is C126H82BrN3S3. The van der Waals surface area contributed by atoms with E-state index in [0.717, 1.165) is 4.47 Å². The number of fused-ring (bicyclic) bond motifs is 18. The third kappa shape index (κ3) is 15.0. The molecule has 0 amide bonds. The predicted molar refractivity (Wildman–Crippen MR) is 579 cm³/mol. The summed E-state index contributed by atoms with van der Waals surface area (Å²) in [6.45, 7) is 0. The number of rotatable bonds is 11. The van der Waals surface area contributed by atoms with Crippen molar-refractivity contribution in [3.05, 3.63) is 496 Å². The number of hydrogen-bond acceptors (Lipinski definition) is 3. The smallest absolute Gasteiger partial charge is 0.0640 e. The maximum Gasteiger partial charge on any atom is 0.0640 e. The first-order valence-electron chi connectivity index (χ1n) is 45.1. The highest BCUT2D eigenvalue weighted by atomic mass is 79.9. The van der Waals surface area contributed by atoms with Crippen molar-refractivity contribution < 1.29 is 0 Å². The third-order valence-electron chi connectivity index (χ3n) is 26.0. The molecule has 27 rings (SSSR count). The van der Waals surface area contributed by atoms with Gasteiger partial charge in [-0.25, -0.2) is 0 Å². The van der Waals surface area contributed by atoms with E-state index in [1.807, 2.05) is 34.0 Å². The first kappa shape index (κ1) is 80.5. The lowest BCUT2D eigenvalue weighted by Crippen LogP contribution is -1.93. The van der Waals surface area contributed by atoms with E-state index in [1.165, 1.54) is 237 Å². The molecule has 0 aliphatic rings. The molecule has 0 bridgehead atoms. The Morgan fingerprint density at radius 3 is 0.707 bits per heavy atom. The summed E-state index contributed by atoms with van der Waals surface area (Å²) in [4.78, 5) is 3.38. The van der Waals surface area contributed by atoms with Crippen LogP contribution in [-0.4, -0.2) is 14.1 Å². The second-order valence-electron chi connectivity index (χ2n) is 33.8. The van der Waals surface area contributed by atoms with E-state index in [0.29, 0.717) is 0 Å². The van der Waals surface area contributed by atoms with Crippen molar-refractivity contribution in [2.45, 2.75) is 0 Å². The van der Waals surface area contributed by atoms with Gasteiger partial charge >= 0.3 is 0 Å². The lowest BCUT2D eigenvalue weighted by molar-refractivity contribution is 1.20. The molecule has 0 saturated heterocycles. The van der Waals surface area contributed by atoms with E-state index in [1.54, 1.807) is 0 Å². The molecule has 3 nitrogen and oxygen atoms in total. The van der Waals surface area contributed by atoms with Crippen LogP contribution in [-0.2, 0) is 0 Å². The Bertz CT molecular complexity index is 8560. The Morgan fingerprint density at radius 1 is 0.158 bits per heavy atom. The van der Waals surface area contributed by atoms with Crippen LogP contribution in [0.2, 0.25) is 0 Å². The molecule has 6 heterocycles. The molecule has 0 aliphatic carbocycles. The number of thiophene rings is 3. The molecule has 0 saturated carbocycles. The van der Waals surface area contributed by atoms with Gasteiger partial charge in [-0.1, -0.05) is 419 Å². The molecule has 0 spiro atoms. The van der Waals surface area contributed by atoms with E-state index in [9.17, 15) is 0 Å². The van der Waals surface area contributed by atoms with Crippen molar-refractivity contribution in [2.75, 3.05) is 0 Å². The fraction of sp³-hybridized carbons (Fsp3) is 0. The van der Waals surface area contributed by atoms with Gasteiger partial charge in [0.15, 0.2) is 0 Å². The summed E-state index contributed by atoms with van der Waals surface area (Å²) in [5.74, 6) is 0. The summed E-state index contributed by atoms with van der Waals surface area (Å²) in [5.41, 5.74) is 32.3. The number of aromatic amines is 1. The summed E-state index contributed by atoms with van der Waals surface area (Å²) in [7, 11) is 0. The monoisotopic (exact) mass is 1810 g/mol. The fourth-order valence-corrected chi connectivity index (χ4v) is 24.2. The van der Waals surface area contributed by atoms with Crippen molar-refractivity contribution in [3.63, 3.8) is 0 Å². The average molecular weight is 1810 g/mol. The Morgan fingerprint density at radius 2 is 0.376 bits per heavy atom. The van der Waals surface area contributed by atoms with Gasteiger partial charge in [0.2, 0.25) is 0 Å². The maximum atomic E-state index is 3.73.